The van der Waals surface area contributed by atoms with Crippen molar-refractivity contribution in [2.75, 3.05) is 5.43 Å². The Balaban J connectivity index is 2.71. The molecule has 0 saturated heterocycles. The summed E-state index contributed by atoms with van der Waals surface area (Å²) in [5.74, 6) is 5.85. The van der Waals surface area contributed by atoms with Crippen LogP contribution in [0.5, 0.6) is 0 Å². The molecule has 5 nitrogen and oxygen atoms in total. The van der Waals surface area contributed by atoms with E-state index in [0.717, 1.165) is 17.7 Å². The van der Waals surface area contributed by atoms with E-state index in [2.05, 4.69) is 17.3 Å². The third kappa shape index (κ3) is 2.05. The van der Waals surface area contributed by atoms with Gasteiger partial charge in [-0.3, -0.25) is 14.8 Å². The molecule has 0 fully saturated rings. The summed E-state index contributed by atoms with van der Waals surface area (Å²) in [6.07, 6.45) is 1.78. The van der Waals surface area contributed by atoms with Crippen molar-refractivity contribution in [1.29, 1.82) is 0 Å². The molecule has 0 aromatic carbocycles. The number of hydrazine groups is 1. The maximum Gasteiger partial charge on any atom is 0.263 e. The molecule has 0 amide bonds. The van der Waals surface area contributed by atoms with Crippen LogP contribution in [0, 0.1) is 0 Å². The van der Waals surface area contributed by atoms with E-state index in [4.69, 9.17) is 5.84 Å². The number of aryl methyl sites for hydroxylation is 1. The summed E-state index contributed by atoms with van der Waals surface area (Å²) >= 11 is 1.55. The molecule has 0 spiro atoms. The predicted molar refractivity (Wildman–Crippen MR) is 71.4 cm³/mol. The lowest BCUT2D eigenvalue weighted by atomic mass is 10.3. The van der Waals surface area contributed by atoms with Gasteiger partial charge in [0, 0.05) is 11.4 Å². The van der Waals surface area contributed by atoms with Crippen LogP contribution < -0.4 is 16.8 Å². The van der Waals surface area contributed by atoms with Gasteiger partial charge in [-0.1, -0.05) is 13.8 Å². The smallest absolute Gasteiger partial charge is 0.263 e. The van der Waals surface area contributed by atoms with Gasteiger partial charge in [0.2, 0.25) is 5.95 Å². The van der Waals surface area contributed by atoms with E-state index in [-0.39, 0.29) is 5.56 Å². The summed E-state index contributed by atoms with van der Waals surface area (Å²) < 4.78 is 1.59. The summed E-state index contributed by atoms with van der Waals surface area (Å²) in [6, 6.07) is 1.93. The average molecular weight is 252 g/mol. The second-order valence-electron chi connectivity index (χ2n) is 3.82. The molecule has 0 atom stereocenters. The molecule has 0 aliphatic rings. The number of aromatic nitrogens is 2. The van der Waals surface area contributed by atoms with E-state index in [1.165, 1.54) is 4.88 Å². The second-order valence-corrected chi connectivity index (χ2v) is 4.94. The van der Waals surface area contributed by atoms with Gasteiger partial charge in [0.05, 0.1) is 5.39 Å². The monoisotopic (exact) mass is 252 g/mol. The highest BCUT2D eigenvalue weighted by Gasteiger charge is 2.12. The first kappa shape index (κ1) is 12.1. The first-order valence-corrected chi connectivity index (χ1v) is 6.52. The molecule has 0 radical (unpaired) electrons. The molecular formula is C11H16N4OS. The highest BCUT2D eigenvalue weighted by molar-refractivity contribution is 7.18. The lowest BCUT2D eigenvalue weighted by Crippen LogP contribution is -2.26. The van der Waals surface area contributed by atoms with E-state index in [1.54, 1.807) is 15.9 Å². The number of nitrogens with one attached hydrogen (secondary N) is 1. The molecule has 0 aliphatic heterocycles. The van der Waals surface area contributed by atoms with Gasteiger partial charge in [-0.05, 0) is 18.9 Å². The molecule has 2 aromatic heterocycles. The minimum Gasteiger partial charge on any atom is -0.294 e. The standard InChI is InChI=1S/C11H16N4OS/c1-3-5-15-10(16)8-6-7(4-2)17-9(8)13-11(15)14-12/h6H,3-5,12H2,1-2H3,(H,13,14). The molecular weight excluding hydrogens is 236 g/mol. The highest BCUT2D eigenvalue weighted by Crippen LogP contribution is 2.22. The lowest BCUT2D eigenvalue weighted by Gasteiger charge is -2.09. The number of nitrogen functional groups attached to an aromatic ring is 1. The Morgan fingerprint density at radius 1 is 1.53 bits per heavy atom. The van der Waals surface area contributed by atoms with Crippen LogP contribution in [0.4, 0.5) is 5.95 Å². The summed E-state index contributed by atoms with van der Waals surface area (Å²) in [4.78, 5) is 18.6. The fourth-order valence-corrected chi connectivity index (χ4v) is 2.74. The quantitative estimate of drug-likeness (QED) is 0.642. The third-order valence-corrected chi connectivity index (χ3v) is 3.80. The summed E-state index contributed by atoms with van der Waals surface area (Å²) in [7, 11) is 0. The van der Waals surface area contributed by atoms with Crippen molar-refractivity contribution in [1.82, 2.24) is 9.55 Å². The van der Waals surface area contributed by atoms with Crippen LogP contribution in [0.3, 0.4) is 0 Å². The molecule has 6 heteroatoms. The largest absolute Gasteiger partial charge is 0.294 e. The normalized spacial score (nSPS) is 11.0. The Kier molecular flexibility index (Phi) is 3.44. The van der Waals surface area contributed by atoms with Crippen molar-refractivity contribution < 1.29 is 0 Å². The first-order valence-electron chi connectivity index (χ1n) is 5.71. The van der Waals surface area contributed by atoms with Gasteiger partial charge in [0.25, 0.3) is 5.56 Å². The van der Waals surface area contributed by atoms with Crippen LogP contribution in [0.2, 0.25) is 0 Å². The van der Waals surface area contributed by atoms with Crippen molar-refractivity contribution in [3.05, 3.63) is 21.3 Å². The molecule has 0 aliphatic carbocycles. The summed E-state index contributed by atoms with van der Waals surface area (Å²) in [6.45, 7) is 4.71. The van der Waals surface area contributed by atoms with Gasteiger partial charge in [0.15, 0.2) is 0 Å². The topological polar surface area (TPSA) is 72.9 Å². The van der Waals surface area contributed by atoms with Crippen molar-refractivity contribution in [3.63, 3.8) is 0 Å². The van der Waals surface area contributed by atoms with Gasteiger partial charge in [-0.2, -0.15) is 0 Å². The van der Waals surface area contributed by atoms with Crippen LogP contribution in [0.25, 0.3) is 10.2 Å². The fraction of sp³-hybridized carbons (Fsp3) is 0.455. The molecule has 2 aromatic rings. The molecule has 0 unspecified atom stereocenters. The van der Waals surface area contributed by atoms with E-state index in [0.29, 0.717) is 17.9 Å². The molecule has 3 N–H and O–H groups in total. The number of hydrogen-bond donors (Lipinski definition) is 2. The summed E-state index contributed by atoms with van der Waals surface area (Å²) in [5, 5.41) is 0.694. The molecule has 0 saturated carbocycles. The maximum absolute atomic E-state index is 12.3. The zero-order chi connectivity index (χ0) is 12.4. The van der Waals surface area contributed by atoms with Gasteiger partial charge in [-0.25, -0.2) is 10.8 Å². The molecule has 2 heterocycles. The third-order valence-electron chi connectivity index (χ3n) is 2.63. The zero-order valence-electron chi connectivity index (χ0n) is 9.99. The van der Waals surface area contributed by atoms with Crippen LogP contribution in [-0.2, 0) is 13.0 Å². The van der Waals surface area contributed by atoms with Crippen molar-refractivity contribution in [2.45, 2.75) is 33.2 Å². The van der Waals surface area contributed by atoms with E-state index in [9.17, 15) is 4.79 Å². The number of fused-ring (bicyclic) bond motifs is 1. The van der Waals surface area contributed by atoms with Crippen LogP contribution in [0.15, 0.2) is 10.9 Å². The van der Waals surface area contributed by atoms with Crippen molar-refractivity contribution >= 4 is 27.5 Å². The van der Waals surface area contributed by atoms with Crippen molar-refractivity contribution in [2.24, 2.45) is 5.84 Å². The number of hydrogen-bond acceptors (Lipinski definition) is 5. The minimum atomic E-state index is -0.0132. The Morgan fingerprint density at radius 2 is 2.29 bits per heavy atom. The average Bonchev–Trinajstić information content (AvgIpc) is 2.76. The summed E-state index contributed by atoms with van der Waals surface area (Å²) in [5.41, 5.74) is 2.49. The van der Waals surface area contributed by atoms with E-state index < -0.39 is 0 Å². The molecule has 0 bridgehead atoms. The number of nitrogens with two attached hydrogens (primary N) is 1. The van der Waals surface area contributed by atoms with E-state index in [1.807, 2.05) is 13.0 Å². The first-order chi connectivity index (χ1) is 8.21. The van der Waals surface area contributed by atoms with Crippen molar-refractivity contribution in [3.8, 4) is 0 Å². The maximum atomic E-state index is 12.3. The van der Waals surface area contributed by atoms with Gasteiger partial charge >= 0.3 is 0 Å². The number of thiophene rings is 1. The zero-order valence-corrected chi connectivity index (χ0v) is 10.8. The van der Waals surface area contributed by atoms with Gasteiger partial charge in [-0.15, -0.1) is 11.3 Å². The Bertz CT molecular complexity index is 587. The number of anilines is 1. The van der Waals surface area contributed by atoms with Gasteiger partial charge < -0.3 is 0 Å². The second kappa shape index (κ2) is 4.85. The van der Waals surface area contributed by atoms with Crippen LogP contribution in [-0.4, -0.2) is 9.55 Å². The molecule has 17 heavy (non-hydrogen) atoms. The molecule has 2 rings (SSSR count). The number of rotatable bonds is 4. The minimum absolute atomic E-state index is 0.0132. The number of nitrogens with zero attached hydrogens (tertiary/aromatic N) is 2. The Labute approximate surface area is 103 Å². The predicted octanol–water partition coefficient (Wildman–Crippen LogP) is 1.72. The highest BCUT2D eigenvalue weighted by atomic mass is 32.1. The Morgan fingerprint density at radius 3 is 2.88 bits per heavy atom. The fourth-order valence-electron chi connectivity index (χ4n) is 1.78. The van der Waals surface area contributed by atoms with E-state index >= 15 is 0 Å². The molecule has 92 valence electrons. The lowest BCUT2D eigenvalue weighted by molar-refractivity contribution is 0.654. The SMILES string of the molecule is CCCn1c(NN)nc2sc(CC)cc2c1=O. The van der Waals surface area contributed by atoms with Gasteiger partial charge in [0.1, 0.15) is 4.83 Å². The van der Waals surface area contributed by atoms with Crippen LogP contribution >= 0.6 is 11.3 Å². The van der Waals surface area contributed by atoms with Crippen LogP contribution in [0.1, 0.15) is 25.1 Å². The Hall–Kier alpha value is -1.40.